The van der Waals surface area contributed by atoms with Crippen molar-refractivity contribution in [2.75, 3.05) is 13.2 Å². The molecular weight excluding hydrogens is 208 g/mol. The highest BCUT2D eigenvalue weighted by molar-refractivity contribution is 5.49. The predicted molar refractivity (Wildman–Crippen MR) is 58.8 cm³/mol. The minimum atomic E-state index is 0.362. The zero-order valence-corrected chi connectivity index (χ0v) is 8.93. The largest absolute Gasteiger partial charge is 0.493 e. The van der Waals surface area contributed by atoms with Gasteiger partial charge in [0.15, 0.2) is 0 Å². The summed E-state index contributed by atoms with van der Waals surface area (Å²) in [5, 5.41) is 0. The molecule has 0 aliphatic carbocycles. The number of aldehydes is 2. The fraction of sp³-hybridized carbons (Fsp3) is 0.333. The van der Waals surface area contributed by atoms with E-state index in [9.17, 15) is 9.59 Å². The summed E-state index contributed by atoms with van der Waals surface area (Å²) in [7, 11) is 0. The maximum Gasteiger partial charge on any atom is 0.123 e. The van der Waals surface area contributed by atoms with E-state index in [2.05, 4.69) is 0 Å². The first-order valence-corrected chi connectivity index (χ1v) is 5.09. The molecule has 0 aliphatic rings. The Balaban J connectivity index is 2.43. The van der Waals surface area contributed by atoms with Crippen molar-refractivity contribution >= 4 is 12.6 Å². The van der Waals surface area contributed by atoms with E-state index in [1.54, 1.807) is 24.3 Å². The third-order valence-corrected chi connectivity index (χ3v) is 1.81. The lowest BCUT2D eigenvalue weighted by molar-refractivity contribution is -0.109. The summed E-state index contributed by atoms with van der Waals surface area (Å²) >= 11 is 0. The van der Waals surface area contributed by atoms with Gasteiger partial charge in [0.25, 0.3) is 0 Å². The molecule has 0 aromatic heterocycles. The van der Waals surface area contributed by atoms with Crippen molar-refractivity contribution in [1.29, 1.82) is 0 Å². The SMILES string of the molecule is O=CCCOc1cccc(OCCC=O)c1. The van der Waals surface area contributed by atoms with Crippen molar-refractivity contribution in [3.63, 3.8) is 0 Å². The first-order chi connectivity index (χ1) is 7.86. The molecule has 0 fully saturated rings. The zero-order chi connectivity index (χ0) is 11.6. The first kappa shape index (κ1) is 12.2. The Bertz CT molecular complexity index is 306. The van der Waals surface area contributed by atoms with Gasteiger partial charge in [-0.25, -0.2) is 0 Å². The summed E-state index contributed by atoms with van der Waals surface area (Å²) in [6.45, 7) is 0.725. The van der Waals surface area contributed by atoms with Crippen LogP contribution in [0.1, 0.15) is 12.8 Å². The Hall–Kier alpha value is -1.84. The van der Waals surface area contributed by atoms with Crippen molar-refractivity contribution in [3.05, 3.63) is 24.3 Å². The Morgan fingerprint density at radius 3 is 1.88 bits per heavy atom. The molecular formula is C12H14O4. The smallest absolute Gasteiger partial charge is 0.123 e. The van der Waals surface area contributed by atoms with E-state index in [0.717, 1.165) is 12.6 Å². The quantitative estimate of drug-likeness (QED) is 0.495. The highest BCUT2D eigenvalue weighted by atomic mass is 16.5. The Kier molecular flexibility index (Phi) is 5.70. The normalized spacial score (nSPS) is 9.50. The van der Waals surface area contributed by atoms with Crippen LogP contribution < -0.4 is 9.47 Å². The maximum absolute atomic E-state index is 10.1. The number of rotatable bonds is 8. The van der Waals surface area contributed by atoms with Gasteiger partial charge in [-0.3, -0.25) is 0 Å². The van der Waals surface area contributed by atoms with Gasteiger partial charge < -0.3 is 19.1 Å². The molecule has 0 saturated carbocycles. The van der Waals surface area contributed by atoms with E-state index in [0.29, 0.717) is 37.6 Å². The topological polar surface area (TPSA) is 52.6 Å². The summed E-state index contributed by atoms with van der Waals surface area (Å²) in [6, 6.07) is 7.11. The van der Waals surface area contributed by atoms with Crippen LogP contribution in [0.2, 0.25) is 0 Å². The molecule has 0 radical (unpaired) electrons. The van der Waals surface area contributed by atoms with Crippen LogP contribution in [0, 0.1) is 0 Å². The molecule has 0 aliphatic heterocycles. The Morgan fingerprint density at radius 2 is 1.44 bits per heavy atom. The van der Waals surface area contributed by atoms with Crippen LogP contribution in [0.3, 0.4) is 0 Å². The monoisotopic (exact) mass is 222 g/mol. The predicted octanol–water partition coefficient (Wildman–Crippen LogP) is 1.62. The molecule has 0 atom stereocenters. The molecule has 0 heterocycles. The van der Waals surface area contributed by atoms with Crippen LogP contribution in [0.15, 0.2) is 24.3 Å². The molecule has 0 spiro atoms. The molecule has 1 aromatic rings. The third-order valence-electron chi connectivity index (χ3n) is 1.81. The van der Waals surface area contributed by atoms with E-state index in [1.165, 1.54) is 0 Å². The van der Waals surface area contributed by atoms with E-state index >= 15 is 0 Å². The second kappa shape index (κ2) is 7.45. The standard InChI is InChI=1S/C12H14O4/c13-6-2-8-15-11-4-1-5-12(10-11)16-9-3-7-14/h1,4-7,10H,2-3,8-9H2. The van der Waals surface area contributed by atoms with Crippen molar-refractivity contribution in [3.8, 4) is 11.5 Å². The van der Waals surface area contributed by atoms with Gasteiger partial charge in [0.2, 0.25) is 0 Å². The molecule has 1 rings (SSSR count). The average molecular weight is 222 g/mol. The Labute approximate surface area is 94.2 Å². The van der Waals surface area contributed by atoms with Gasteiger partial charge in [-0.1, -0.05) is 6.07 Å². The summed E-state index contributed by atoms with van der Waals surface area (Å²) in [5.74, 6) is 1.32. The number of carbonyl (C=O) groups excluding carboxylic acids is 2. The van der Waals surface area contributed by atoms with Crippen molar-refractivity contribution < 1.29 is 19.1 Å². The number of hydrogen-bond donors (Lipinski definition) is 0. The molecule has 0 amide bonds. The van der Waals surface area contributed by atoms with Gasteiger partial charge >= 0.3 is 0 Å². The first-order valence-electron chi connectivity index (χ1n) is 5.09. The number of carbonyl (C=O) groups is 2. The molecule has 16 heavy (non-hydrogen) atoms. The molecule has 4 heteroatoms. The number of ether oxygens (including phenoxy) is 2. The van der Waals surface area contributed by atoms with Crippen molar-refractivity contribution in [2.45, 2.75) is 12.8 Å². The highest BCUT2D eigenvalue weighted by Crippen LogP contribution is 2.19. The molecule has 0 saturated heterocycles. The van der Waals surface area contributed by atoms with E-state index in [-0.39, 0.29) is 0 Å². The zero-order valence-electron chi connectivity index (χ0n) is 8.93. The molecule has 0 unspecified atom stereocenters. The lowest BCUT2D eigenvalue weighted by Crippen LogP contribution is -2.00. The van der Waals surface area contributed by atoms with Crippen LogP contribution >= 0.6 is 0 Å². The second-order valence-electron chi connectivity index (χ2n) is 3.08. The van der Waals surface area contributed by atoms with Gasteiger partial charge in [-0.2, -0.15) is 0 Å². The molecule has 4 nitrogen and oxygen atoms in total. The molecule has 1 aromatic carbocycles. The van der Waals surface area contributed by atoms with Gasteiger partial charge in [-0.05, 0) is 12.1 Å². The third kappa shape index (κ3) is 4.59. The second-order valence-corrected chi connectivity index (χ2v) is 3.08. The fourth-order valence-electron chi connectivity index (χ4n) is 1.10. The van der Waals surface area contributed by atoms with Crippen molar-refractivity contribution in [1.82, 2.24) is 0 Å². The maximum atomic E-state index is 10.1. The fourth-order valence-corrected chi connectivity index (χ4v) is 1.10. The van der Waals surface area contributed by atoms with E-state index in [1.807, 2.05) is 0 Å². The van der Waals surface area contributed by atoms with Crippen LogP contribution in [-0.4, -0.2) is 25.8 Å². The van der Waals surface area contributed by atoms with Gasteiger partial charge in [-0.15, -0.1) is 0 Å². The summed E-state index contributed by atoms with van der Waals surface area (Å²) in [4.78, 5) is 20.2. The highest BCUT2D eigenvalue weighted by Gasteiger charge is 1.97. The number of benzene rings is 1. The lowest BCUT2D eigenvalue weighted by atomic mass is 10.3. The Morgan fingerprint density at radius 1 is 0.938 bits per heavy atom. The van der Waals surface area contributed by atoms with Crippen molar-refractivity contribution in [2.24, 2.45) is 0 Å². The molecule has 0 bridgehead atoms. The lowest BCUT2D eigenvalue weighted by Gasteiger charge is -2.07. The minimum absolute atomic E-state index is 0.362. The van der Waals surface area contributed by atoms with Crippen LogP contribution in [0.5, 0.6) is 11.5 Å². The minimum Gasteiger partial charge on any atom is -0.493 e. The van der Waals surface area contributed by atoms with E-state index < -0.39 is 0 Å². The molecule has 0 N–H and O–H groups in total. The summed E-state index contributed by atoms with van der Waals surface area (Å²) in [6.07, 6.45) is 2.36. The number of hydrogen-bond acceptors (Lipinski definition) is 4. The van der Waals surface area contributed by atoms with Gasteiger partial charge in [0.05, 0.1) is 13.2 Å². The van der Waals surface area contributed by atoms with Crippen LogP contribution in [0.25, 0.3) is 0 Å². The van der Waals surface area contributed by atoms with E-state index in [4.69, 9.17) is 9.47 Å². The summed E-state index contributed by atoms with van der Waals surface area (Å²) < 4.78 is 10.6. The van der Waals surface area contributed by atoms with Crippen LogP contribution in [-0.2, 0) is 9.59 Å². The molecule has 86 valence electrons. The average Bonchev–Trinajstić information content (AvgIpc) is 2.30. The van der Waals surface area contributed by atoms with Gasteiger partial charge in [0, 0.05) is 18.9 Å². The van der Waals surface area contributed by atoms with Gasteiger partial charge in [0.1, 0.15) is 24.1 Å². The summed E-state index contributed by atoms with van der Waals surface area (Å²) in [5.41, 5.74) is 0. The van der Waals surface area contributed by atoms with Crippen LogP contribution in [0.4, 0.5) is 0 Å².